The molecule has 0 atom stereocenters. The molecule has 0 aliphatic carbocycles. The molecule has 0 aliphatic rings. The summed E-state index contributed by atoms with van der Waals surface area (Å²) in [4.78, 5) is 13.2. The van der Waals surface area contributed by atoms with E-state index in [2.05, 4.69) is 30.3 Å². The molecule has 0 radical (unpaired) electrons. The second kappa shape index (κ2) is 7.18. The highest BCUT2D eigenvalue weighted by atomic mass is 32.1. The largest absolute Gasteiger partial charge is 0.389 e. The fourth-order valence-electron chi connectivity index (χ4n) is 2.21. The summed E-state index contributed by atoms with van der Waals surface area (Å²) in [6.07, 6.45) is 0. The average Bonchev–Trinajstić information content (AvgIpc) is 3.20. The lowest BCUT2D eigenvalue weighted by Gasteiger charge is -2.02. The molecule has 1 amide bonds. The first-order valence-electron chi connectivity index (χ1n) is 7.43. The van der Waals surface area contributed by atoms with Crippen molar-refractivity contribution in [3.8, 4) is 11.4 Å². The van der Waals surface area contributed by atoms with Crippen LogP contribution < -0.4 is 11.2 Å². The Morgan fingerprint density at radius 3 is 2.80 bits per heavy atom. The third-order valence-corrected chi connectivity index (χ3v) is 4.14. The van der Waals surface area contributed by atoms with Crippen LogP contribution in [0.1, 0.15) is 18.2 Å². The molecule has 25 heavy (non-hydrogen) atoms. The molecule has 3 rings (SSSR count). The molecule has 2 heterocycles. The number of nitrogens with zero attached hydrogens (tertiary/aromatic N) is 6. The van der Waals surface area contributed by atoms with E-state index in [0.717, 1.165) is 16.8 Å². The third-order valence-electron chi connectivity index (χ3n) is 3.37. The molecule has 0 bridgehead atoms. The summed E-state index contributed by atoms with van der Waals surface area (Å²) in [5.41, 5.74) is 11.3. The lowest BCUT2D eigenvalue weighted by molar-refractivity contribution is -0.122. The summed E-state index contributed by atoms with van der Waals surface area (Å²) < 4.78 is 4.15. The van der Waals surface area contributed by atoms with Gasteiger partial charge in [-0.1, -0.05) is 30.3 Å². The Kier molecular flexibility index (Phi) is 4.80. The van der Waals surface area contributed by atoms with Gasteiger partial charge in [-0.05, 0) is 30.6 Å². The number of nitrogens with one attached hydrogen (secondary N) is 1. The Morgan fingerprint density at radius 1 is 1.36 bits per heavy atom. The Balaban J connectivity index is 1.64. The van der Waals surface area contributed by atoms with Crippen LogP contribution in [0.15, 0.2) is 35.4 Å². The Hall–Kier alpha value is -3.14. The summed E-state index contributed by atoms with van der Waals surface area (Å²) in [5, 5.41) is 16.6. The second-order valence-electron chi connectivity index (χ2n) is 5.25. The van der Waals surface area contributed by atoms with Crippen molar-refractivity contribution in [2.45, 2.75) is 20.4 Å². The van der Waals surface area contributed by atoms with Gasteiger partial charge in [-0.25, -0.2) is 5.43 Å². The van der Waals surface area contributed by atoms with Crippen molar-refractivity contribution in [1.82, 2.24) is 30.0 Å². The van der Waals surface area contributed by atoms with Gasteiger partial charge in [0.1, 0.15) is 11.5 Å². The highest BCUT2D eigenvalue weighted by Gasteiger charge is 2.12. The van der Waals surface area contributed by atoms with E-state index in [9.17, 15) is 4.79 Å². The number of anilines is 1. The van der Waals surface area contributed by atoms with Gasteiger partial charge in [0.25, 0.3) is 5.91 Å². The number of hydrazone groups is 1. The summed E-state index contributed by atoms with van der Waals surface area (Å²) in [5.74, 6) is 0.0941. The molecule has 0 unspecified atom stereocenters. The number of amides is 1. The lowest BCUT2D eigenvalue weighted by Crippen LogP contribution is -2.25. The lowest BCUT2D eigenvalue weighted by atomic mass is 10.2. The molecule has 9 nitrogen and oxygen atoms in total. The minimum atomic E-state index is -0.365. The topological polar surface area (TPSA) is 124 Å². The van der Waals surface area contributed by atoms with E-state index >= 15 is 0 Å². The van der Waals surface area contributed by atoms with E-state index < -0.39 is 0 Å². The Morgan fingerprint density at radius 2 is 2.12 bits per heavy atom. The number of hydrogen-bond acceptors (Lipinski definition) is 8. The van der Waals surface area contributed by atoms with E-state index in [1.54, 1.807) is 6.92 Å². The zero-order chi connectivity index (χ0) is 17.8. The molecule has 0 spiro atoms. The Labute approximate surface area is 147 Å². The fourth-order valence-corrected chi connectivity index (χ4v) is 2.92. The molecule has 0 saturated carbocycles. The first-order valence-corrected chi connectivity index (χ1v) is 8.20. The van der Waals surface area contributed by atoms with Crippen molar-refractivity contribution in [2.24, 2.45) is 5.10 Å². The van der Waals surface area contributed by atoms with Crippen LogP contribution in [-0.4, -0.2) is 36.2 Å². The highest BCUT2D eigenvalue weighted by molar-refractivity contribution is 7.10. The van der Waals surface area contributed by atoms with Crippen molar-refractivity contribution in [3.05, 3.63) is 41.6 Å². The first-order chi connectivity index (χ1) is 12.0. The maximum absolute atomic E-state index is 12.0. The minimum absolute atomic E-state index is 0.0903. The smallest absolute Gasteiger partial charge is 0.263 e. The predicted molar refractivity (Wildman–Crippen MR) is 94.9 cm³/mol. The average molecular weight is 356 g/mol. The molecule has 0 saturated heterocycles. The SMILES string of the molecule is C/C(=N/NC(=O)Cn1nnc(-c2ccccc2)n1)c1c(C)nsc1N. The van der Waals surface area contributed by atoms with Gasteiger partial charge >= 0.3 is 0 Å². The number of aryl methyl sites for hydroxylation is 1. The quantitative estimate of drug-likeness (QED) is 0.523. The van der Waals surface area contributed by atoms with Gasteiger partial charge in [0.2, 0.25) is 5.82 Å². The molecule has 2 aromatic heterocycles. The molecular formula is C15H16N8OS. The van der Waals surface area contributed by atoms with E-state index in [4.69, 9.17) is 5.73 Å². The van der Waals surface area contributed by atoms with Gasteiger partial charge in [-0.3, -0.25) is 4.79 Å². The normalized spacial score (nSPS) is 11.5. The molecule has 128 valence electrons. The van der Waals surface area contributed by atoms with E-state index in [-0.39, 0.29) is 12.5 Å². The fraction of sp³-hybridized carbons (Fsp3) is 0.200. The molecule has 3 N–H and O–H groups in total. The molecule has 0 fully saturated rings. The van der Waals surface area contributed by atoms with Crippen molar-refractivity contribution in [3.63, 3.8) is 0 Å². The van der Waals surface area contributed by atoms with Crippen molar-refractivity contribution in [1.29, 1.82) is 0 Å². The Bertz CT molecular complexity index is 895. The molecule has 1 aromatic carbocycles. The summed E-state index contributed by atoms with van der Waals surface area (Å²) >= 11 is 1.20. The van der Waals surface area contributed by atoms with Crippen LogP contribution in [0.2, 0.25) is 0 Å². The van der Waals surface area contributed by atoms with Crippen LogP contribution in [0.3, 0.4) is 0 Å². The maximum Gasteiger partial charge on any atom is 0.263 e. The van der Waals surface area contributed by atoms with Crippen molar-refractivity contribution < 1.29 is 4.79 Å². The summed E-state index contributed by atoms with van der Waals surface area (Å²) in [6, 6.07) is 9.41. The van der Waals surface area contributed by atoms with Crippen LogP contribution >= 0.6 is 11.5 Å². The number of tetrazole rings is 1. The standard InChI is InChI=1S/C15H16N8OS/c1-9(13-10(2)21-25-14(13)16)17-18-12(24)8-23-20-15(19-22-23)11-6-4-3-5-7-11/h3-7H,8,16H2,1-2H3,(H,18,24)/b17-9-. The zero-order valence-electron chi connectivity index (χ0n) is 13.7. The minimum Gasteiger partial charge on any atom is -0.389 e. The van der Waals surface area contributed by atoms with Gasteiger partial charge in [-0.15, -0.1) is 10.2 Å². The van der Waals surface area contributed by atoms with Gasteiger partial charge in [0.15, 0.2) is 0 Å². The van der Waals surface area contributed by atoms with Crippen LogP contribution in [0, 0.1) is 6.92 Å². The van der Waals surface area contributed by atoms with Crippen LogP contribution in [0.4, 0.5) is 5.00 Å². The van der Waals surface area contributed by atoms with Crippen molar-refractivity contribution in [2.75, 3.05) is 5.73 Å². The number of carbonyl (C=O) groups excluding carboxylic acids is 1. The number of benzene rings is 1. The van der Waals surface area contributed by atoms with Gasteiger partial charge in [0.05, 0.1) is 17.0 Å². The number of aromatic nitrogens is 5. The number of nitrogens with two attached hydrogens (primary N) is 1. The molecular weight excluding hydrogens is 340 g/mol. The predicted octanol–water partition coefficient (Wildman–Crippen LogP) is 1.23. The number of hydrogen-bond donors (Lipinski definition) is 2. The first kappa shape index (κ1) is 16.7. The van der Waals surface area contributed by atoms with Gasteiger partial charge in [-0.2, -0.15) is 14.3 Å². The van der Waals surface area contributed by atoms with Crippen LogP contribution in [0.25, 0.3) is 11.4 Å². The molecule has 10 heteroatoms. The van der Waals surface area contributed by atoms with Gasteiger partial charge < -0.3 is 5.73 Å². The van der Waals surface area contributed by atoms with Crippen molar-refractivity contribution >= 4 is 28.2 Å². The van der Waals surface area contributed by atoms with E-state index in [0.29, 0.717) is 16.5 Å². The van der Waals surface area contributed by atoms with Crippen LogP contribution in [0.5, 0.6) is 0 Å². The number of carbonyl (C=O) groups is 1. The number of rotatable bonds is 5. The molecule has 0 aliphatic heterocycles. The maximum atomic E-state index is 12.0. The van der Waals surface area contributed by atoms with Gasteiger partial charge in [0, 0.05) is 5.56 Å². The monoisotopic (exact) mass is 356 g/mol. The van der Waals surface area contributed by atoms with E-state index in [1.807, 2.05) is 37.3 Å². The molecule has 3 aromatic rings. The summed E-state index contributed by atoms with van der Waals surface area (Å²) in [7, 11) is 0. The number of nitrogen functional groups attached to an aromatic ring is 1. The summed E-state index contributed by atoms with van der Waals surface area (Å²) in [6.45, 7) is 3.51. The third kappa shape index (κ3) is 3.86. The zero-order valence-corrected chi connectivity index (χ0v) is 14.5. The highest BCUT2D eigenvalue weighted by Crippen LogP contribution is 2.21. The second-order valence-corrected chi connectivity index (χ2v) is 6.05. The van der Waals surface area contributed by atoms with E-state index in [1.165, 1.54) is 16.3 Å². The van der Waals surface area contributed by atoms with Crippen LogP contribution in [-0.2, 0) is 11.3 Å².